The number of benzene rings is 1. The molecule has 17 heavy (non-hydrogen) atoms. The van der Waals surface area contributed by atoms with Crippen molar-refractivity contribution in [1.29, 1.82) is 0 Å². The number of halogens is 1. The van der Waals surface area contributed by atoms with E-state index in [1.165, 1.54) is 17.7 Å². The molecule has 3 rings (SSSR count). The molecule has 2 aromatic rings. The van der Waals surface area contributed by atoms with Gasteiger partial charge < -0.3 is 5.73 Å². The summed E-state index contributed by atoms with van der Waals surface area (Å²) in [6.07, 6.45) is 3.44. The fourth-order valence-electron chi connectivity index (χ4n) is 2.50. The molecule has 1 aliphatic rings. The number of hydrogen-bond donors (Lipinski definition) is 1. The summed E-state index contributed by atoms with van der Waals surface area (Å²) < 4.78 is 3.13. The maximum Gasteiger partial charge on any atom is 0.0799 e. The van der Waals surface area contributed by atoms with Gasteiger partial charge in [-0.15, -0.1) is 0 Å². The third-order valence-electron chi connectivity index (χ3n) is 3.26. The molecule has 1 aromatic carbocycles. The Morgan fingerprint density at radius 3 is 3.00 bits per heavy atom. The summed E-state index contributed by atoms with van der Waals surface area (Å²) in [7, 11) is 0. The molecule has 0 saturated carbocycles. The van der Waals surface area contributed by atoms with Crippen LogP contribution in [-0.2, 0) is 19.4 Å². The second-order valence-electron chi connectivity index (χ2n) is 4.32. The molecular formula is C13H14BrN3. The Morgan fingerprint density at radius 2 is 2.24 bits per heavy atom. The van der Waals surface area contributed by atoms with Gasteiger partial charge >= 0.3 is 0 Å². The van der Waals surface area contributed by atoms with Gasteiger partial charge in [0.25, 0.3) is 0 Å². The Kier molecular flexibility index (Phi) is 2.76. The zero-order valence-electron chi connectivity index (χ0n) is 9.49. The van der Waals surface area contributed by atoms with Gasteiger partial charge in [-0.05, 0) is 43.0 Å². The smallest absolute Gasteiger partial charge is 0.0799 e. The predicted molar refractivity (Wildman–Crippen MR) is 71.2 cm³/mol. The van der Waals surface area contributed by atoms with Crippen LogP contribution in [0, 0.1) is 0 Å². The van der Waals surface area contributed by atoms with Gasteiger partial charge in [0.1, 0.15) is 0 Å². The Labute approximate surface area is 109 Å². The normalized spacial score (nSPS) is 14.0. The second-order valence-corrected chi connectivity index (χ2v) is 5.24. The van der Waals surface area contributed by atoms with E-state index in [1.807, 2.05) is 12.1 Å². The summed E-state index contributed by atoms with van der Waals surface area (Å²) in [5.74, 6) is 0. The largest absolute Gasteiger partial charge is 0.325 e. The summed E-state index contributed by atoms with van der Waals surface area (Å²) in [6.45, 7) is 0.531. The van der Waals surface area contributed by atoms with Crippen LogP contribution in [0.5, 0.6) is 0 Å². The van der Waals surface area contributed by atoms with E-state index in [1.54, 1.807) is 0 Å². The maximum atomic E-state index is 5.76. The first-order chi connectivity index (χ1) is 8.29. The highest BCUT2D eigenvalue weighted by molar-refractivity contribution is 9.10. The van der Waals surface area contributed by atoms with E-state index in [9.17, 15) is 0 Å². The average molecular weight is 292 g/mol. The van der Waals surface area contributed by atoms with Crippen molar-refractivity contribution in [1.82, 2.24) is 9.78 Å². The second kappa shape index (κ2) is 4.27. The van der Waals surface area contributed by atoms with Crippen molar-refractivity contribution in [3.8, 4) is 5.69 Å². The molecule has 0 saturated heterocycles. The first-order valence-electron chi connectivity index (χ1n) is 5.85. The van der Waals surface area contributed by atoms with Crippen LogP contribution in [0.15, 0.2) is 28.7 Å². The summed E-state index contributed by atoms with van der Waals surface area (Å²) in [6, 6.07) is 8.23. The molecule has 0 spiro atoms. The van der Waals surface area contributed by atoms with Crippen LogP contribution in [0.3, 0.4) is 0 Å². The third-order valence-corrected chi connectivity index (χ3v) is 3.75. The molecule has 0 aliphatic heterocycles. The van der Waals surface area contributed by atoms with Crippen LogP contribution in [0.1, 0.15) is 23.4 Å². The zero-order chi connectivity index (χ0) is 11.8. The number of nitrogens with zero attached hydrogens (tertiary/aromatic N) is 2. The third kappa shape index (κ3) is 1.81. The lowest BCUT2D eigenvalue weighted by Crippen LogP contribution is -2.03. The summed E-state index contributed by atoms with van der Waals surface area (Å²) in [5, 5.41) is 4.63. The Morgan fingerprint density at radius 1 is 1.35 bits per heavy atom. The van der Waals surface area contributed by atoms with Crippen molar-refractivity contribution < 1.29 is 0 Å². The molecule has 1 heterocycles. The number of nitrogens with two attached hydrogens (primary N) is 1. The van der Waals surface area contributed by atoms with Gasteiger partial charge in [-0.2, -0.15) is 5.10 Å². The molecule has 2 N–H and O–H groups in total. The van der Waals surface area contributed by atoms with E-state index in [0.29, 0.717) is 6.54 Å². The van der Waals surface area contributed by atoms with Gasteiger partial charge in [0.05, 0.1) is 11.4 Å². The molecule has 3 nitrogen and oxygen atoms in total. The quantitative estimate of drug-likeness (QED) is 0.924. The molecule has 0 unspecified atom stereocenters. The molecule has 88 valence electrons. The van der Waals surface area contributed by atoms with E-state index in [2.05, 4.69) is 37.8 Å². The first-order valence-corrected chi connectivity index (χ1v) is 6.64. The average Bonchev–Trinajstić information content (AvgIpc) is 2.89. The number of fused-ring (bicyclic) bond motifs is 1. The Bertz CT molecular complexity index is 560. The molecule has 0 amide bonds. The van der Waals surface area contributed by atoms with Crippen molar-refractivity contribution >= 4 is 15.9 Å². The van der Waals surface area contributed by atoms with E-state index in [0.717, 1.165) is 28.7 Å². The van der Waals surface area contributed by atoms with Crippen LogP contribution in [0.2, 0.25) is 0 Å². The molecule has 0 atom stereocenters. The summed E-state index contributed by atoms with van der Waals surface area (Å²) >= 11 is 3.50. The van der Waals surface area contributed by atoms with Gasteiger partial charge in [0, 0.05) is 16.7 Å². The van der Waals surface area contributed by atoms with Crippen molar-refractivity contribution in [2.75, 3.05) is 0 Å². The molecule has 0 radical (unpaired) electrons. The van der Waals surface area contributed by atoms with E-state index >= 15 is 0 Å². The van der Waals surface area contributed by atoms with E-state index < -0.39 is 0 Å². The van der Waals surface area contributed by atoms with Gasteiger partial charge in [0.2, 0.25) is 0 Å². The molecule has 0 bridgehead atoms. The lowest BCUT2D eigenvalue weighted by atomic mass is 10.2. The summed E-state index contributed by atoms with van der Waals surface area (Å²) in [4.78, 5) is 0. The standard InChI is InChI=1S/C13H14BrN3/c14-9-3-1-4-10(7-9)17-13-6-2-5-11(13)12(8-15)16-17/h1,3-4,7H,2,5-6,8,15H2. The van der Waals surface area contributed by atoms with Crippen molar-refractivity contribution in [2.24, 2.45) is 5.73 Å². The number of hydrogen-bond acceptors (Lipinski definition) is 2. The van der Waals surface area contributed by atoms with E-state index in [4.69, 9.17) is 5.73 Å². The minimum Gasteiger partial charge on any atom is -0.325 e. The van der Waals surface area contributed by atoms with E-state index in [-0.39, 0.29) is 0 Å². The molecule has 0 fully saturated rings. The Hall–Kier alpha value is -1.13. The van der Waals surface area contributed by atoms with Crippen molar-refractivity contribution in [3.63, 3.8) is 0 Å². The van der Waals surface area contributed by atoms with Crippen LogP contribution in [-0.4, -0.2) is 9.78 Å². The highest BCUT2D eigenvalue weighted by atomic mass is 79.9. The number of aromatic nitrogens is 2. The Balaban J connectivity index is 2.15. The molecular weight excluding hydrogens is 278 g/mol. The fraction of sp³-hybridized carbons (Fsp3) is 0.308. The fourth-order valence-corrected chi connectivity index (χ4v) is 2.89. The topological polar surface area (TPSA) is 43.8 Å². The van der Waals surface area contributed by atoms with Crippen LogP contribution in [0.25, 0.3) is 5.69 Å². The lowest BCUT2D eigenvalue weighted by molar-refractivity contribution is 0.758. The van der Waals surface area contributed by atoms with Crippen molar-refractivity contribution in [3.05, 3.63) is 45.7 Å². The van der Waals surface area contributed by atoms with Gasteiger partial charge in [-0.1, -0.05) is 22.0 Å². The first kappa shape index (κ1) is 11.0. The SMILES string of the molecule is NCc1nn(-c2cccc(Br)c2)c2c1CCC2. The monoisotopic (exact) mass is 291 g/mol. The predicted octanol–water partition coefficient (Wildman–Crippen LogP) is 2.58. The van der Waals surface area contributed by atoms with Crippen LogP contribution < -0.4 is 5.73 Å². The molecule has 1 aliphatic carbocycles. The highest BCUT2D eigenvalue weighted by Crippen LogP contribution is 2.28. The van der Waals surface area contributed by atoms with Crippen molar-refractivity contribution in [2.45, 2.75) is 25.8 Å². The van der Waals surface area contributed by atoms with Crippen LogP contribution in [0.4, 0.5) is 0 Å². The van der Waals surface area contributed by atoms with Gasteiger partial charge in [-0.3, -0.25) is 0 Å². The lowest BCUT2D eigenvalue weighted by Gasteiger charge is -2.05. The summed E-state index contributed by atoms with van der Waals surface area (Å²) in [5.41, 5.74) is 10.6. The highest BCUT2D eigenvalue weighted by Gasteiger charge is 2.22. The molecule has 1 aromatic heterocycles. The van der Waals surface area contributed by atoms with Gasteiger partial charge in [-0.25, -0.2) is 4.68 Å². The maximum absolute atomic E-state index is 5.76. The zero-order valence-corrected chi connectivity index (χ0v) is 11.1. The number of rotatable bonds is 2. The minimum absolute atomic E-state index is 0.531. The van der Waals surface area contributed by atoms with Crippen LogP contribution >= 0.6 is 15.9 Å². The van der Waals surface area contributed by atoms with Gasteiger partial charge in [0.15, 0.2) is 0 Å². The molecule has 4 heteroatoms. The minimum atomic E-state index is 0.531.